The van der Waals surface area contributed by atoms with Gasteiger partial charge in [-0.1, -0.05) is 37.3 Å². The van der Waals surface area contributed by atoms with Crippen molar-refractivity contribution in [1.82, 2.24) is 5.32 Å². The van der Waals surface area contributed by atoms with Gasteiger partial charge in [-0.25, -0.2) is 0 Å². The van der Waals surface area contributed by atoms with Crippen LogP contribution in [0.3, 0.4) is 0 Å². The summed E-state index contributed by atoms with van der Waals surface area (Å²) in [5.41, 5.74) is 6.42. The first-order valence-electron chi connectivity index (χ1n) is 7.52. The standard InChI is InChI=1S/C19H25NO/c1-6-20-19(17-9-7-8-13(2)15(17)4)16-11-10-14(3)18(12-16)21-5/h7-12,19-20H,6H2,1-5H3. The number of methoxy groups -OCH3 is 1. The fourth-order valence-corrected chi connectivity index (χ4v) is 2.71. The fourth-order valence-electron chi connectivity index (χ4n) is 2.71. The first kappa shape index (κ1) is 15.6. The van der Waals surface area contributed by atoms with E-state index in [1.165, 1.54) is 22.3 Å². The molecule has 0 saturated carbocycles. The van der Waals surface area contributed by atoms with E-state index in [4.69, 9.17) is 4.74 Å². The normalized spacial score (nSPS) is 12.2. The first-order valence-corrected chi connectivity index (χ1v) is 7.52. The maximum Gasteiger partial charge on any atom is 0.122 e. The molecule has 2 heteroatoms. The minimum atomic E-state index is 0.199. The van der Waals surface area contributed by atoms with Crippen LogP contribution in [0.4, 0.5) is 0 Å². The van der Waals surface area contributed by atoms with Crippen molar-refractivity contribution in [2.45, 2.75) is 33.7 Å². The molecule has 0 saturated heterocycles. The van der Waals surface area contributed by atoms with Crippen molar-refractivity contribution in [2.24, 2.45) is 0 Å². The Morgan fingerprint density at radius 3 is 2.48 bits per heavy atom. The molecular formula is C19H25NO. The third-order valence-corrected chi connectivity index (χ3v) is 4.13. The molecule has 2 nitrogen and oxygen atoms in total. The number of rotatable bonds is 5. The molecule has 1 atom stereocenters. The smallest absolute Gasteiger partial charge is 0.122 e. The predicted octanol–water partition coefficient (Wildman–Crippen LogP) is 4.32. The minimum Gasteiger partial charge on any atom is -0.496 e. The maximum atomic E-state index is 5.48. The summed E-state index contributed by atoms with van der Waals surface area (Å²) in [5, 5.41) is 3.60. The second kappa shape index (κ2) is 6.77. The van der Waals surface area contributed by atoms with Crippen molar-refractivity contribution in [1.29, 1.82) is 0 Å². The molecule has 0 aliphatic heterocycles. The third kappa shape index (κ3) is 3.27. The summed E-state index contributed by atoms with van der Waals surface area (Å²) >= 11 is 0. The number of nitrogens with one attached hydrogen (secondary N) is 1. The van der Waals surface area contributed by atoms with Gasteiger partial charge in [0.1, 0.15) is 5.75 Å². The molecule has 0 aliphatic rings. The van der Waals surface area contributed by atoms with Crippen LogP contribution in [0.15, 0.2) is 36.4 Å². The van der Waals surface area contributed by atoms with E-state index in [1.807, 2.05) is 0 Å². The quantitative estimate of drug-likeness (QED) is 0.882. The molecule has 0 heterocycles. The lowest BCUT2D eigenvalue weighted by molar-refractivity contribution is 0.410. The Hall–Kier alpha value is -1.80. The SMILES string of the molecule is CCNC(c1ccc(C)c(OC)c1)c1cccc(C)c1C. The first-order chi connectivity index (χ1) is 10.1. The highest BCUT2D eigenvalue weighted by Gasteiger charge is 2.17. The van der Waals surface area contributed by atoms with Gasteiger partial charge in [-0.05, 0) is 61.2 Å². The van der Waals surface area contributed by atoms with Gasteiger partial charge in [-0.3, -0.25) is 0 Å². The van der Waals surface area contributed by atoms with Gasteiger partial charge in [0.15, 0.2) is 0 Å². The lowest BCUT2D eigenvalue weighted by Gasteiger charge is -2.23. The van der Waals surface area contributed by atoms with E-state index in [0.717, 1.165) is 17.9 Å². The molecule has 0 aliphatic carbocycles. The summed E-state index contributed by atoms with van der Waals surface area (Å²) in [5.74, 6) is 0.945. The highest BCUT2D eigenvalue weighted by Crippen LogP contribution is 2.30. The summed E-state index contributed by atoms with van der Waals surface area (Å²) in [6.07, 6.45) is 0. The molecule has 0 bridgehead atoms. The molecule has 2 aromatic rings. The Labute approximate surface area is 128 Å². The van der Waals surface area contributed by atoms with Gasteiger partial charge in [0.2, 0.25) is 0 Å². The topological polar surface area (TPSA) is 21.3 Å². The molecule has 1 unspecified atom stereocenters. The van der Waals surface area contributed by atoms with Crippen molar-refractivity contribution in [3.05, 3.63) is 64.2 Å². The molecule has 0 radical (unpaired) electrons. The Kier molecular flexibility index (Phi) is 5.03. The van der Waals surface area contributed by atoms with E-state index in [-0.39, 0.29) is 6.04 Å². The minimum absolute atomic E-state index is 0.199. The van der Waals surface area contributed by atoms with Crippen LogP contribution in [-0.2, 0) is 0 Å². The fraction of sp³-hybridized carbons (Fsp3) is 0.368. The van der Waals surface area contributed by atoms with E-state index in [0.29, 0.717) is 0 Å². The van der Waals surface area contributed by atoms with Crippen LogP contribution in [0.25, 0.3) is 0 Å². The molecular weight excluding hydrogens is 258 g/mol. The van der Waals surface area contributed by atoms with Crippen LogP contribution in [0, 0.1) is 20.8 Å². The zero-order valence-electron chi connectivity index (χ0n) is 13.7. The zero-order valence-corrected chi connectivity index (χ0v) is 13.7. The molecule has 0 spiro atoms. The van der Waals surface area contributed by atoms with Crippen LogP contribution in [0.1, 0.15) is 40.8 Å². The lowest BCUT2D eigenvalue weighted by Crippen LogP contribution is -2.23. The van der Waals surface area contributed by atoms with E-state index in [1.54, 1.807) is 7.11 Å². The van der Waals surface area contributed by atoms with E-state index >= 15 is 0 Å². The van der Waals surface area contributed by atoms with Gasteiger partial charge in [0.25, 0.3) is 0 Å². The van der Waals surface area contributed by atoms with Crippen LogP contribution in [-0.4, -0.2) is 13.7 Å². The molecule has 0 fully saturated rings. The van der Waals surface area contributed by atoms with Crippen molar-refractivity contribution in [3.8, 4) is 5.75 Å². The summed E-state index contributed by atoms with van der Waals surface area (Å²) in [7, 11) is 1.73. The van der Waals surface area contributed by atoms with Gasteiger partial charge in [-0.15, -0.1) is 0 Å². The van der Waals surface area contributed by atoms with Crippen LogP contribution in [0.5, 0.6) is 5.75 Å². The Bertz CT molecular complexity index is 619. The number of hydrogen-bond donors (Lipinski definition) is 1. The zero-order chi connectivity index (χ0) is 15.4. The summed E-state index contributed by atoms with van der Waals surface area (Å²) < 4.78 is 5.48. The number of hydrogen-bond acceptors (Lipinski definition) is 2. The summed E-state index contributed by atoms with van der Waals surface area (Å²) in [4.78, 5) is 0. The molecule has 2 rings (SSSR count). The average Bonchev–Trinajstić information content (AvgIpc) is 2.49. The highest BCUT2D eigenvalue weighted by molar-refractivity contribution is 5.44. The monoisotopic (exact) mass is 283 g/mol. The third-order valence-electron chi connectivity index (χ3n) is 4.13. The van der Waals surface area contributed by atoms with Crippen molar-refractivity contribution in [2.75, 3.05) is 13.7 Å². The number of aryl methyl sites for hydroxylation is 2. The van der Waals surface area contributed by atoms with Gasteiger partial charge in [0, 0.05) is 0 Å². The van der Waals surface area contributed by atoms with Crippen LogP contribution < -0.4 is 10.1 Å². The van der Waals surface area contributed by atoms with Gasteiger partial charge >= 0.3 is 0 Å². The number of ether oxygens (including phenoxy) is 1. The van der Waals surface area contributed by atoms with Gasteiger partial charge < -0.3 is 10.1 Å². The van der Waals surface area contributed by atoms with Crippen LogP contribution >= 0.6 is 0 Å². The largest absolute Gasteiger partial charge is 0.496 e. The summed E-state index contributed by atoms with van der Waals surface area (Å²) in [6, 6.07) is 13.2. The highest BCUT2D eigenvalue weighted by atomic mass is 16.5. The predicted molar refractivity (Wildman–Crippen MR) is 89.2 cm³/mol. The molecule has 1 N–H and O–H groups in total. The van der Waals surface area contributed by atoms with Crippen molar-refractivity contribution < 1.29 is 4.74 Å². The average molecular weight is 283 g/mol. The van der Waals surface area contributed by atoms with Crippen molar-refractivity contribution >= 4 is 0 Å². The molecule has 0 amide bonds. The molecule has 112 valence electrons. The second-order valence-electron chi connectivity index (χ2n) is 5.51. The molecule has 0 aromatic heterocycles. The summed E-state index contributed by atoms with van der Waals surface area (Å²) in [6.45, 7) is 9.50. The Morgan fingerprint density at radius 2 is 1.81 bits per heavy atom. The Balaban J connectivity index is 2.50. The van der Waals surface area contributed by atoms with E-state index in [2.05, 4.69) is 69.4 Å². The number of benzene rings is 2. The van der Waals surface area contributed by atoms with Crippen LogP contribution in [0.2, 0.25) is 0 Å². The lowest BCUT2D eigenvalue weighted by atomic mass is 9.92. The van der Waals surface area contributed by atoms with Crippen molar-refractivity contribution in [3.63, 3.8) is 0 Å². The van der Waals surface area contributed by atoms with E-state index < -0.39 is 0 Å². The second-order valence-corrected chi connectivity index (χ2v) is 5.51. The molecule has 21 heavy (non-hydrogen) atoms. The van der Waals surface area contributed by atoms with Gasteiger partial charge in [-0.2, -0.15) is 0 Å². The molecule has 2 aromatic carbocycles. The van der Waals surface area contributed by atoms with E-state index in [9.17, 15) is 0 Å². The Morgan fingerprint density at radius 1 is 1.05 bits per heavy atom. The maximum absolute atomic E-state index is 5.48. The van der Waals surface area contributed by atoms with Gasteiger partial charge in [0.05, 0.1) is 13.2 Å².